The fourth-order valence-corrected chi connectivity index (χ4v) is 4.05. The van der Waals surface area contributed by atoms with Gasteiger partial charge in [-0.3, -0.25) is 0 Å². The summed E-state index contributed by atoms with van der Waals surface area (Å²) in [7, 11) is 0. The molecule has 1 heterocycles. The number of hydrogen-bond acceptors (Lipinski definition) is 1. The van der Waals surface area contributed by atoms with E-state index in [1.807, 2.05) is 11.3 Å². The molecule has 0 aromatic carbocycles. The van der Waals surface area contributed by atoms with Crippen LogP contribution in [-0.2, 0) is 17.3 Å². The van der Waals surface area contributed by atoms with Gasteiger partial charge < -0.3 is 0 Å². The Balaban J connectivity index is 2.50. The van der Waals surface area contributed by atoms with E-state index in [2.05, 4.69) is 54.5 Å². The van der Waals surface area contributed by atoms with E-state index in [1.165, 1.54) is 6.42 Å². The quantitative estimate of drug-likeness (QED) is 0.600. The average molecular weight is 236 g/mol. The molecule has 90 valence electrons. The molecular weight excluding hydrogens is 212 g/mol. The van der Waals surface area contributed by atoms with Crippen molar-refractivity contribution in [1.29, 1.82) is 0 Å². The lowest BCUT2D eigenvalue weighted by molar-refractivity contribution is 0.225. The lowest BCUT2D eigenvalue weighted by atomic mass is 9.68. The molecular formula is C15H24S. The topological polar surface area (TPSA) is 0 Å². The van der Waals surface area contributed by atoms with Gasteiger partial charge in [-0.1, -0.05) is 48.5 Å². The van der Waals surface area contributed by atoms with E-state index in [-0.39, 0.29) is 0 Å². The number of thiophene rings is 1. The Morgan fingerprint density at radius 3 is 2.12 bits per heavy atom. The molecule has 0 spiro atoms. The molecule has 0 unspecified atom stereocenters. The van der Waals surface area contributed by atoms with Crippen LogP contribution in [0.2, 0.25) is 0 Å². The summed E-state index contributed by atoms with van der Waals surface area (Å²) in [6.45, 7) is 16.5. The van der Waals surface area contributed by atoms with Crippen LogP contribution >= 0.6 is 11.3 Å². The third kappa shape index (κ3) is 1.55. The maximum absolute atomic E-state index is 2.47. The molecule has 1 heteroatoms. The molecule has 1 aromatic heterocycles. The van der Waals surface area contributed by atoms with Gasteiger partial charge in [-0.05, 0) is 34.3 Å². The van der Waals surface area contributed by atoms with Crippen molar-refractivity contribution in [3.63, 3.8) is 0 Å². The average Bonchev–Trinajstić information content (AvgIpc) is 2.51. The Morgan fingerprint density at radius 2 is 1.69 bits per heavy atom. The summed E-state index contributed by atoms with van der Waals surface area (Å²) < 4.78 is 0. The zero-order valence-electron chi connectivity index (χ0n) is 11.7. The van der Waals surface area contributed by atoms with Crippen LogP contribution in [0.15, 0.2) is 6.07 Å². The smallest absolute Gasteiger partial charge is 0.0105 e. The number of fused-ring (bicyclic) bond motifs is 1. The molecule has 0 radical (unpaired) electrons. The van der Waals surface area contributed by atoms with Crippen molar-refractivity contribution in [2.24, 2.45) is 5.41 Å². The third-order valence-corrected chi connectivity index (χ3v) is 6.08. The second kappa shape index (κ2) is 3.13. The van der Waals surface area contributed by atoms with Crippen molar-refractivity contribution in [3.05, 3.63) is 21.4 Å². The molecule has 0 N–H and O–H groups in total. The zero-order chi connectivity index (χ0) is 12.4. The molecule has 1 aromatic rings. The number of hydrogen-bond donors (Lipinski definition) is 0. The van der Waals surface area contributed by atoms with Crippen LogP contribution in [0.5, 0.6) is 0 Å². The highest BCUT2D eigenvalue weighted by Gasteiger charge is 2.47. The summed E-state index contributed by atoms with van der Waals surface area (Å²) in [6, 6.07) is 2.47. The first kappa shape index (κ1) is 12.2. The standard InChI is InChI=1S/C15H24S/c1-13(2,3)12-8-10-11(16-12)9-14(4,5)15(10,6)7/h8H,9H2,1-7H3. The van der Waals surface area contributed by atoms with E-state index in [1.54, 1.807) is 15.3 Å². The predicted octanol–water partition coefficient (Wildman–Crippen LogP) is 4.91. The summed E-state index contributed by atoms with van der Waals surface area (Å²) in [5.74, 6) is 0. The molecule has 0 saturated heterocycles. The fraction of sp³-hybridized carbons (Fsp3) is 0.733. The van der Waals surface area contributed by atoms with Crippen molar-refractivity contribution in [2.75, 3.05) is 0 Å². The Kier molecular flexibility index (Phi) is 2.38. The van der Waals surface area contributed by atoms with Crippen LogP contribution in [0.3, 0.4) is 0 Å². The maximum atomic E-state index is 2.47. The summed E-state index contributed by atoms with van der Waals surface area (Å²) in [6.07, 6.45) is 1.25. The SMILES string of the molecule is CC(C)(C)c1cc2c(s1)CC(C)(C)C2(C)C. The summed E-state index contributed by atoms with van der Waals surface area (Å²) in [4.78, 5) is 3.17. The first-order valence-corrected chi connectivity index (χ1v) is 7.01. The molecule has 2 rings (SSSR count). The predicted molar refractivity (Wildman–Crippen MR) is 73.5 cm³/mol. The molecule has 0 fully saturated rings. The van der Waals surface area contributed by atoms with Crippen LogP contribution in [0.1, 0.15) is 63.8 Å². The van der Waals surface area contributed by atoms with Crippen molar-refractivity contribution in [2.45, 2.75) is 65.7 Å². The monoisotopic (exact) mass is 236 g/mol. The summed E-state index contributed by atoms with van der Waals surface area (Å²) in [5, 5.41) is 0. The molecule has 1 aliphatic carbocycles. The Hall–Kier alpha value is -0.300. The first-order chi connectivity index (χ1) is 7.06. The Labute approximate surface area is 104 Å². The molecule has 0 amide bonds. The second-order valence-corrected chi connectivity index (χ2v) is 8.52. The van der Waals surface area contributed by atoms with E-state index in [4.69, 9.17) is 0 Å². The zero-order valence-corrected chi connectivity index (χ0v) is 12.5. The summed E-state index contributed by atoms with van der Waals surface area (Å²) in [5.41, 5.74) is 2.63. The lowest BCUT2D eigenvalue weighted by Crippen LogP contribution is -2.32. The molecule has 0 bridgehead atoms. The molecule has 16 heavy (non-hydrogen) atoms. The van der Waals surface area contributed by atoms with E-state index in [0.717, 1.165) is 0 Å². The van der Waals surface area contributed by atoms with Gasteiger partial charge >= 0.3 is 0 Å². The minimum Gasteiger partial charge on any atom is -0.145 e. The largest absolute Gasteiger partial charge is 0.145 e. The van der Waals surface area contributed by atoms with Crippen LogP contribution in [-0.4, -0.2) is 0 Å². The van der Waals surface area contributed by atoms with Crippen LogP contribution in [0.4, 0.5) is 0 Å². The normalized spacial score (nSPS) is 22.2. The molecule has 0 atom stereocenters. The van der Waals surface area contributed by atoms with E-state index < -0.39 is 0 Å². The van der Waals surface area contributed by atoms with Crippen molar-refractivity contribution >= 4 is 11.3 Å². The van der Waals surface area contributed by atoms with Crippen molar-refractivity contribution in [1.82, 2.24) is 0 Å². The summed E-state index contributed by atoms with van der Waals surface area (Å²) >= 11 is 2.03. The second-order valence-electron chi connectivity index (χ2n) is 7.38. The van der Waals surface area contributed by atoms with Gasteiger partial charge in [0.05, 0.1) is 0 Å². The van der Waals surface area contributed by atoms with Crippen molar-refractivity contribution < 1.29 is 0 Å². The third-order valence-electron chi connectivity index (χ3n) is 4.52. The Bertz CT molecular complexity index is 413. The van der Waals surface area contributed by atoms with E-state index >= 15 is 0 Å². The van der Waals surface area contributed by atoms with Gasteiger partial charge in [-0.15, -0.1) is 11.3 Å². The van der Waals surface area contributed by atoms with Gasteiger partial charge in [0.1, 0.15) is 0 Å². The maximum Gasteiger partial charge on any atom is 0.0105 e. The van der Waals surface area contributed by atoms with Crippen LogP contribution in [0.25, 0.3) is 0 Å². The van der Waals surface area contributed by atoms with E-state index in [0.29, 0.717) is 16.2 Å². The van der Waals surface area contributed by atoms with Gasteiger partial charge in [-0.2, -0.15) is 0 Å². The minimum atomic E-state index is 0.301. The van der Waals surface area contributed by atoms with E-state index in [9.17, 15) is 0 Å². The molecule has 1 aliphatic rings. The highest BCUT2D eigenvalue weighted by Crippen LogP contribution is 2.54. The van der Waals surface area contributed by atoms with Crippen molar-refractivity contribution in [3.8, 4) is 0 Å². The minimum absolute atomic E-state index is 0.301. The van der Waals surface area contributed by atoms with Gasteiger partial charge in [0.15, 0.2) is 0 Å². The lowest BCUT2D eigenvalue weighted by Gasteiger charge is -2.35. The number of rotatable bonds is 0. The van der Waals surface area contributed by atoms with Gasteiger partial charge in [-0.25, -0.2) is 0 Å². The Morgan fingerprint density at radius 1 is 1.12 bits per heavy atom. The molecule has 0 nitrogen and oxygen atoms in total. The molecule has 0 aliphatic heterocycles. The van der Waals surface area contributed by atoms with Gasteiger partial charge in [0.25, 0.3) is 0 Å². The van der Waals surface area contributed by atoms with Crippen LogP contribution in [0, 0.1) is 5.41 Å². The van der Waals surface area contributed by atoms with Crippen LogP contribution < -0.4 is 0 Å². The van der Waals surface area contributed by atoms with Gasteiger partial charge in [0, 0.05) is 9.75 Å². The fourth-order valence-electron chi connectivity index (χ4n) is 2.45. The highest BCUT2D eigenvalue weighted by molar-refractivity contribution is 7.12. The van der Waals surface area contributed by atoms with Gasteiger partial charge in [0.2, 0.25) is 0 Å². The highest BCUT2D eigenvalue weighted by atomic mass is 32.1. The first-order valence-electron chi connectivity index (χ1n) is 6.19. The molecule has 0 saturated carbocycles.